The van der Waals surface area contributed by atoms with Crippen LogP contribution in [0.2, 0.25) is 0 Å². The summed E-state index contributed by atoms with van der Waals surface area (Å²) in [7, 11) is 0. The van der Waals surface area contributed by atoms with Crippen LogP contribution >= 0.6 is 0 Å². The summed E-state index contributed by atoms with van der Waals surface area (Å²) in [5.74, 6) is -0.108. The van der Waals surface area contributed by atoms with Gasteiger partial charge in [0.05, 0.1) is 13.2 Å². The Labute approximate surface area is 97.1 Å². The zero-order valence-corrected chi connectivity index (χ0v) is 9.56. The Bertz CT molecular complexity index is 537. The molecule has 0 spiro atoms. The Hall–Kier alpha value is -2.18. The van der Waals surface area contributed by atoms with Crippen molar-refractivity contribution in [2.24, 2.45) is 0 Å². The number of nitrogens with one attached hydrogen (secondary N) is 1. The van der Waals surface area contributed by atoms with Gasteiger partial charge in [0.1, 0.15) is 11.1 Å². The van der Waals surface area contributed by atoms with Gasteiger partial charge in [0, 0.05) is 6.20 Å². The Morgan fingerprint density at radius 3 is 2.94 bits per heavy atom. The number of aromatic amines is 1. The van der Waals surface area contributed by atoms with E-state index in [-0.39, 0.29) is 0 Å². The summed E-state index contributed by atoms with van der Waals surface area (Å²) in [6.45, 7) is 4.35. The molecule has 2 rings (SSSR count). The molecule has 17 heavy (non-hydrogen) atoms. The van der Waals surface area contributed by atoms with E-state index in [1.807, 2.05) is 6.92 Å². The van der Waals surface area contributed by atoms with Crippen LogP contribution in [0.1, 0.15) is 24.2 Å². The van der Waals surface area contributed by atoms with Crippen LogP contribution in [0.4, 0.5) is 0 Å². The minimum absolute atomic E-state index is 0.301. The van der Waals surface area contributed by atoms with Gasteiger partial charge in [-0.05, 0) is 13.8 Å². The molecule has 0 atom stereocenters. The molecule has 0 fully saturated rings. The van der Waals surface area contributed by atoms with E-state index in [4.69, 9.17) is 9.47 Å². The van der Waals surface area contributed by atoms with Crippen molar-refractivity contribution in [3.05, 3.63) is 11.8 Å². The minimum atomic E-state index is -0.459. The van der Waals surface area contributed by atoms with Crippen LogP contribution in [0.5, 0.6) is 5.88 Å². The number of ether oxygens (including phenoxy) is 2. The number of nitrogens with zero attached hydrogens (tertiary/aromatic N) is 3. The van der Waals surface area contributed by atoms with Crippen LogP contribution < -0.4 is 4.74 Å². The van der Waals surface area contributed by atoms with Crippen molar-refractivity contribution >= 4 is 17.0 Å². The second-order valence-electron chi connectivity index (χ2n) is 3.17. The Morgan fingerprint density at radius 1 is 1.41 bits per heavy atom. The van der Waals surface area contributed by atoms with E-state index in [1.165, 1.54) is 6.20 Å². The fourth-order valence-electron chi connectivity index (χ4n) is 1.42. The number of H-pyrrole nitrogens is 1. The van der Waals surface area contributed by atoms with E-state index in [1.54, 1.807) is 6.92 Å². The van der Waals surface area contributed by atoms with Crippen LogP contribution in [-0.4, -0.2) is 39.6 Å². The lowest BCUT2D eigenvalue weighted by Gasteiger charge is -2.05. The van der Waals surface area contributed by atoms with Crippen LogP contribution in [0.3, 0.4) is 0 Å². The SMILES string of the molecule is CCOC(=O)c1cnc(OCC)c2nn[nH]c12. The fourth-order valence-corrected chi connectivity index (χ4v) is 1.42. The summed E-state index contributed by atoms with van der Waals surface area (Å²) in [5, 5.41) is 10.1. The van der Waals surface area contributed by atoms with Gasteiger partial charge in [-0.3, -0.25) is 5.10 Å². The normalized spacial score (nSPS) is 10.5. The number of aromatic nitrogens is 4. The first-order valence-corrected chi connectivity index (χ1v) is 5.27. The highest BCUT2D eigenvalue weighted by molar-refractivity contribution is 6.02. The molecule has 0 aromatic carbocycles. The lowest BCUT2D eigenvalue weighted by atomic mass is 10.2. The summed E-state index contributed by atoms with van der Waals surface area (Å²) in [6, 6.07) is 0. The van der Waals surface area contributed by atoms with Crippen LogP contribution in [0.15, 0.2) is 6.20 Å². The predicted octanol–water partition coefficient (Wildman–Crippen LogP) is 0.928. The number of hydrogen-bond donors (Lipinski definition) is 1. The highest BCUT2D eigenvalue weighted by Gasteiger charge is 2.17. The third-order valence-electron chi connectivity index (χ3n) is 2.11. The maximum atomic E-state index is 11.6. The minimum Gasteiger partial charge on any atom is -0.476 e. The standard InChI is InChI=1S/C10H12N4O3/c1-3-16-9-8-7(12-14-13-8)6(5-11-9)10(15)17-4-2/h5H,3-4H2,1-2H3,(H,12,13,14). The summed E-state index contributed by atoms with van der Waals surface area (Å²) < 4.78 is 10.2. The van der Waals surface area contributed by atoms with Gasteiger partial charge in [-0.2, -0.15) is 0 Å². The molecule has 0 unspecified atom stereocenters. The molecule has 0 saturated heterocycles. The van der Waals surface area contributed by atoms with Gasteiger partial charge in [-0.15, -0.1) is 5.10 Å². The number of carbonyl (C=O) groups excluding carboxylic acids is 1. The molecule has 0 aliphatic carbocycles. The third kappa shape index (κ3) is 2.03. The third-order valence-corrected chi connectivity index (χ3v) is 2.11. The van der Waals surface area contributed by atoms with Crippen molar-refractivity contribution in [3.8, 4) is 5.88 Å². The Morgan fingerprint density at radius 2 is 2.24 bits per heavy atom. The van der Waals surface area contributed by atoms with Crippen LogP contribution in [0, 0.1) is 0 Å². The first kappa shape index (κ1) is 11.3. The predicted molar refractivity (Wildman–Crippen MR) is 58.8 cm³/mol. The average Bonchev–Trinajstić information content (AvgIpc) is 2.79. The Balaban J connectivity index is 2.49. The molecule has 0 radical (unpaired) electrons. The quantitative estimate of drug-likeness (QED) is 0.794. The van der Waals surface area contributed by atoms with Crippen molar-refractivity contribution in [2.45, 2.75) is 13.8 Å². The van der Waals surface area contributed by atoms with Gasteiger partial charge in [0.15, 0.2) is 5.52 Å². The second-order valence-corrected chi connectivity index (χ2v) is 3.17. The number of carbonyl (C=O) groups is 1. The van der Waals surface area contributed by atoms with E-state index in [9.17, 15) is 4.79 Å². The summed E-state index contributed by atoms with van der Waals surface area (Å²) in [4.78, 5) is 15.7. The van der Waals surface area contributed by atoms with E-state index < -0.39 is 5.97 Å². The van der Waals surface area contributed by atoms with E-state index in [0.29, 0.717) is 35.7 Å². The fraction of sp³-hybridized carbons (Fsp3) is 0.400. The van der Waals surface area contributed by atoms with Gasteiger partial charge in [0.25, 0.3) is 0 Å². The van der Waals surface area contributed by atoms with Crippen LogP contribution in [0.25, 0.3) is 11.0 Å². The number of hydrogen-bond acceptors (Lipinski definition) is 6. The summed E-state index contributed by atoms with van der Waals surface area (Å²) in [5.41, 5.74) is 1.20. The summed E-state index contributed by atoms with van der Waals surface area (Å²) in [6.07, 6.45) is 1.39. The van der Waals surface area contributed by atoms with E-state index >= 15 is 0 Å². The zero-order chi connectivity index (χ0) is 12.3. The molecule has 2 aromatic rings. The molecule has 2 heterocycles. The monoisotopic (exact) mass is 236 g/mol. The number of esters is 1. The van der Waals surface area contributed by atoms with E-state index in [0.717, 1.165) is 0 Å². The average molecular weight is 236 g/mol. The molecule has 0 bridgehead atoms. The van der Waals surface area contributed by atoms with Crippen molar-refractivity contribution < 1.29 is 14.3 Å². The van der Waals surface area contributed by atoms with Crippen LogP contribution in [-0.2, 0) is 4.74 Å². The van der Waals surface area contributed by atoms with Crippen molar-refractivity contribution in [3.63, 3.8) is 0 Å². The molecule has 0 aliphatic heterocycles. The van der Waals surface area contributed by atoms with Crippen molar-refractivity contribution in [1.82, 2.24) is 20.4 Å². The van der Waals surface area contributed by atoms with Gasteiger partial charge < -0.3 is 9.47 Å². The van der Waals surface area contributed by atoms with Gasteiger partial charge in [-0.1, -0.05) is 5.21 Å². The lowest BCUT2D eigenvalue weighted by molar-refractivity contribution is 0.0528. The first-order valence-electron chi connectivity index (χ1n) is 5.27. The van der Waals surface area contributed by atoms with Crippen molar-refractivity contribution in [2.75, 3.05) is 13.2 Å². The van der Waals surface area contributed by atoms with Crippen molar-refractivity contribution in [1.29, 1.82) is 0 Å². The highest BCUT2D eigenvalue weighted by atomic mass is 16.5. The van der Waals surface area contributed by atoms with Gasteiger partial charge in [-0.25, -0.2) is 9.78 Å². The molecule has 90 valence electrons. The van der Waals surface area contributed by atoms with Gasteiger partial charge >= 0.3 is 5.97 Å². The number of rotatable bonds is 4. The first-order chi connectivity index (χ1) is 8.27. The molecule has 2 aromatic heterocycles. The topological polar surface area (TPSA) is 90.0 Å². The molecular formula is C10H12N4O3. The highest BCUT2D eigenvalue weighted by Crippen LogP contribution is 2.22. The largest absolute Gasteiger partial charge is 0.476 e. The maximum absolute atomic E-state index is 11.6. The smallest absolute Gasteiger partial charge is 0.341 e. The molecule has 0 saturated carbocycles. The molecular weight excluding hydrogens is 224 g/mol. The molecule has 7 nitrogen and oxygen atoms in total. The zero-order valence-electron chi connectivity index (χ0n) is 9.56. The maximum Gasteiger partial charge on any atom is 0.341 e. The molecule has 0 aliphatic rings. The lowest BCUT2D eigenvalue weighted by Crippen LogP contribution is -2.07. The number of pyridine rings is 1. The van der Waals surface area contributed by atoms with Gasteiger partial charge in [0.2, 0.25) is 5.88 Å². The molecule has 0 amide bonds. The number of fused-ring (bicyclic) bond motifs is 1. The molecule has 7 heteroatoms. The van der Waals surface area contributed by atoms with E-state index in [2.05, 4.69) is 20.4 Å². The summed E-state index contributed by atoms with van der Waals surface area (Å²) >= 11 is 0. The molecule has 1 N–H and O–H groups in total. The Kier molecular flexibility index (Phi) is 3.17. The second kappa shape index (κ2) is 4.77.